The Morgan fingerprint density at radius 2 is 2.32 bits per heavy atom. The lowest BCUT2D eigenvalue weighted by Crippen LogP contribution is -2.44. The zero-order valence-corrected chi connectivity index (χ0v) is 13.1. The summed E-state index contributed by atoms with van der Waals surface area (Å²) < 4.78 is 0. The Morgan fingerprint density at radius 1 is 1.50 bits per heavy atom. The van der Waals surface area contributed by atoms with E-state index in [9.17, 15) is 4.79 Å². The summed E-state index contributed by atoms with van der Waals surface area (Å²) in [5.41, 5.74) is 0.975. The first-order chi connectivity index (χ1) is 10.6. The van der Waals surface area contributed by atoms with Gasteiger partial charge in [-0.05, 0) is 44.0 Å². The summed E-state index contributed by atoms with van der Waals surface area (Å²) in [6.07, 6.45) is 3.96. The number of hydrogen-bond donors (Lipinski definition) is 2. The van der Waals surface area contributed by atoms with E-state index in [-0.39, 0.29) is 18.6 Å². The van der Waals surface area contributed by atoms with Crippen LogP contribution in [0.15, 0.2) is 18.2 Å². The van der Waals surface area contributed by atoms with Gasteiger partial charge in [-0.2, -0.15) is 5.26 Å². The summed E-state index contributed by atoms with van der Waals surface area (Å²) in [5, 5.41) is 21.1. The van der Waals surface area contributed by atoms with E-state index in [1.165, 1.54) is 0 Å². The van der Waals surface area contributed by atoms with E-state index in [4.69, 9.17) is 22.0 Å². The Balaban J connectivity index is 1.94. The van der Waals surface area contributed by atoms with Crippen molar-refractivity contribution in [3.05, 3.63) is 28.8 Å². The summed E-state index contributed by atoms with van der Waals surface area (Å²) in [4.78, 5) is 14.3. The fourth-order valence-corrected chi connectivity index (χ4v) is 3.04. The minimum absolute atomic E-state index is 0.106. The number of piperidine rings is 1. The standard InChI is InChI=1S/C16H20ClN3O2/c17-15-9-13(5-4-12(15)10-18)19-16(22)11-20-7-2-1-3-14(20)6-8-21/h4-5,9,14,21H,1-3,6-8,11H2,(H,19,22). The van der Waals surface area contributed by atoms with Gasteiger partial charge in [0, 0.05) is 18.3 Å². The third-order valence-corrected chi connectivity index (χ3v) is 4.24. The van der Waals surface area contributed by atoms with Crippen molar-refractivity contribution in [1.82, 2.24) is 4.90 Å². The number of nitrogens with one attached hydrogen (secondary N) is 1. The molecule has 1 aromatic carbocycles. The van der Waals surface area contributed by atoms with Gasteiger partial charge in [0.15, 0.2) is 0 Å². The normalized spacial score (nSPS) is 18.7. The van der Waals surface area contributed by atoms with Crippen molar-refractivity contribution in [3.63, 3.8) is 0 Å². The Kier molecular flexibility index (Phi) is 6.20. The third kappa shape index (κ3) is 4.44. The first kappa shape index (κ1) is 16.8. The van der Waals surface area contributed by atoms with Crippen molar-refractivity contribution in [2.75, 3.05) is 25.0 Å². The zero-order valence-electron chi connectivity index (χ0n) is 12.4. The van der Waals surface area contributed by atoms with Gasteiger partial charge in [-0.3, -0.25) is 9.69 Å². The number of hydrogen-bond acceptors (Lipinski definition) is 4. The highest BCUT2D eigenvalue weighted by Gasteiger charge is 2.23. The molecule has 0 spiro atoms. The monoisotopic (exact) mass is 321 g/mol. The molecular weight excluding hydrogens is 302 g/mol. The Hall–Kier alpha value is -1.61. The number of rotatable bonds is 5. The van der Waals surface area contributed by atoms with Crippen LogP contribution in [0.25, 0.3) is 0 Å². The van der Waals surface area contributed by atoms with E-state index >= 15 is 0 Å². The van der Waals surface area contributed by atoms with Crippen LogP contribution in [0.4, 0.5) is 5.69 Å². The molecule has 1 unspecified atom stereocenters. The molecule has 0 bridgehead atoms. The van der Waals surface area contributed by atoms with E-state index in [1.807, 2.05) is 6.07 Å². The molecule has 118 valence electrons. The maximum atomic E-state index is 12.2. The molecule has 0 aliphatic carbocycles. The lowest BCUT2D eigenvalue weighted by molar-refractivity contribution is -0.118. The minimum Gasteiger partial charge on any atom is -0.396 e. The maximum Gasteiger partial charge on any atom is 0.238 e. The third-order valence-electron chi connectivity index (χ3n) is 3.93. The zero-order chi connectivity index (χ0) is 15.9. The topological polar surface area (TPSA) is 76.4 Å². The molecule has 1 aromatic rings. The molecule has 1 fully saturated rings. The van der Waals surface area contributed by atoms with Gasteiger partial charge in [-0.1, -0.05) is 18.0 Å². The predicted octanol–water partition coefficient (Wildman–Crippen LogP) is 2.39. The predicted molar refractivity (Wildman–Crippen MR) is 85.7 cm³/mol. The molecule has 22 heavy (non-hydrogen) atoms. The van der Waals surface area contributed by atoms with Gasteiger partial charge in [0.2, 0.25) is 5.91 Å². The molecule has 2 N–H and O–H groups in total. The molecule has 1 amide bonds. The number of likely N-dealkylation sites (tertiary alicyclic amines) is 1. The molecule has 1 atom stereocenters. The Bertz CT molecular complexity index is 569. The SMILES string of the molecule is N#Cc1ccc(NC(=O)CN2CCCCC2CCO)cc1Cl. The number of amides is 1. The first-order valence-corrected chi connectivity index (χ1v) is 7.86. The first-order valence-electron chi connectivity index (χ1n) is 7.48. The highest BCUT2D eigenvalue weighted by molar-refractivity contribution is 6.32. The molecule has 1 aliphatic rings. The number of benzene rings is 1. The van der Waals surface area contributed by atoms with Crippen LogP contribution in [-0.4, -0.2) is 41.7 Å². The molecule has 1 heterocycles. The molecule has 6 heteroatoms. The van der Waals surface area contributed by atoms with Crippen molar-refractivity contribution in [3.8, 4) is 6.07 Å². The number of nitrogens with zero attached hydrogens (tertiary/aromatic N) is 2. The van der Waals surface area contributed by atoms with E-state index in [2.05, 4.69) is 10.2 Å². The molecule has 2 rings (SSSR count). The van der Waals surface area contributed by atoms with Crippen LogP contribution in [0, 0.1) is 11.3 Å². The van der Waals surface area contributed by atoms with Crippen LogP contribution < -0.4 is 5.32 Å². The molecule has 5 nitrogen and oxygen atoms in total. The summed E-state index contributed by atoms with van der Waals surface area (Å²) >= 11 is 5.96. The van der Waals surface area contributed by atoms with Gasteiger partial charge in [-0.15, -0.1) is 0 Å². The Labute approximate surface area is 135 Å². The largest absolute Gasteiger partial charge is 0.396 e. The van der Waals surface area contributed by atoms with Gasteiger partial charge < -0.3 is 10.4 Å². The second-order valence-electron chi connectivity index (χ2n) is 5.49. The lowest BCUT2D eigenvalue weighted by Gasteiger charge is -2.34. The molecule has 1 aliphatic heterocycles. The summed E-state index contributed by atoms with van der Waals surface area (Å²) in [5.74, 6) is -0.106. The van der Waals surface area contributed by atoms with Gasteiger partial charge in [-0.25, -0.2) is 0 Å². The second kappa shape index (κ2) is 8.14. The van der Waals surface area contributed by atoms with Crippen molar-refractivity contribution in [2.45, 2.75) is 31.7 Å². The van der Waals surface area contributed by atoms with Gasteiger partial charge in [0.1, 0.15) is 6.07 Å². The summed E-state index contributed by atoms with van der Waals surface area (Å²) in [7, 11) is 0. The van der Waals surface area contributed by atoms with E-state index in [0.29, 0.717) is 29.2 Å². The van der Waals surface area contributed by atoms with Crippen molar-refractivity contribution in [1.29, 1.82) is 5.26 Å². The van der Waals surface area contributed by atoms with Crippen LogP contribution >= 0.6 is 11.6 Å². The van der Waals surface area contributed by atoms with Crippen molar-refractivity contribution >= 4 is 23.2 Å². The molecule has 1 saturated heterocycles. The number of halogens is 1. The maximum absolute atomic E-state index is 12.2. The second-order valence-corrected chi connectivity index (χ2v) is 5.89. The van der Waals surface area contributed by atoms with Gasteiger partial charge in [0.05, 0.1) is 17.1 Å². The van der Waals surface area contributed by atoms with Crippen molar-refractivity contribution in [2.24, 2.45) is 0 Å². The van der Waals surface area contributed by atoms with Gasteiger partial charge in [0.25, 0.3) is 0 Å². The number of aliphatic hydroxyl groups is 1. The fraction of sp³-hybridized carbons (Fsp3) is 0.500. The lowest BCUT2D eigenvalue weighted by atomic mass is 9.99. The van der Waals surface area contributed by atoms with Crippen LogP contribution in [0.3, 0.4) is 0 Å². The molecule has 0 radical (unpaired) electrons. The highest BCUT2D eigenvalue weighted by Crippen LogP contribution is 2.21. The average molecular weight is 322 g/mol. The van der Waals surface area contributed by atoms with E-state index < -0.39 is 0 Å². The van der Waals surface area contributed by atoms with Gasteiger partial charge >= 0.3 is 0 Å². The molecular formula is C16H20ClN3O2. The highest BCUT2D eigenvalue weighted by atomic mass is 35.5. The van der Waals surface area contributed by atoms with Crippen LogP contribution in [0.1, 0.15) is 31.2 Å². The van der Waals surface area contributed by atoms with Crippen LogP contribution in [0.2, 0.25) is 5.02 Å². The quantitative estimate of drug-likeness (QED) is 0.873. The fourth-order valence-electron chi connectivity index (χ4n) is 2.81. The minimum atomic E-state index is -0.106. The molecule has 0 saturated carbocycles. The van der Waals surface area contributed by atoms with E-state index in [1.54, 1.807) is 18.2 Å². The van der Waals surface area contributed by atoms with E-state index in [0.717, 1.165) is 25.8 Å². The number of anilines is 1. The summed E-state index contributed by atoms with van der Waals surface area (Å²) in [6, 6.07) is 7.10. The smallest absolute Gasteiger partial charge is 0.238 e. The number of nitriles is 1. The Morgan fingerprint density at radius 3 is 3.00 bits per heavy atom. The van der Waals surface area contributed by atoms with Crippen LogP contribution in [0.5, 0.6) is 0 Å². The number of carbonyl (C=O) groups excluding carboxylic acids is 1. The molecule has 0 aromatic heterocycles. The number of carbonyl (C=O) groups is 1. The van der Waals surface area contributed by atoms with Crippen molar-refractivity contribution < 1.29 is 9.90 Å². The summed E-state index contributed by atoms with van der Waals surface area (Å²) in [6.45, 7) is 1.34. The van der Waals surface area contributed by atoms with Crippen LogP contribution in [-0.2, 0) is 4.79 Å². The number of aliphatic hydroxyl groups excluding tert-OH is 1. The average Bonchev–Trinajstić information content (AvgIpc) is 2.49.